The van der Waals surface area contributed by atoms with Gasteiger partial charge < -0.3 is 20.1 Å². The highest BCUT2D eigenvalue weighted by molar-refractivity contribution is 6.39. The summed E-state index contributed by atoms with van der Waals surface area (Å²) in [4.78, 5) is 24.9. The summed E-state index contributed by atoms with van der Waals surface area (Å²) in [6, 6.07) is 12.8. The third-order valence-electron chi connectivity index (χ3n) is 5.42. The van der Waals surface area contributed by atoms with Gasteiger partial charge in [-0.05, 0) is 42.7 Å². The van der Waals surface area contributed by atoms with Crippen LogP contribution in [0.1, 0.15) is 32.3 Å². The van der Waals surface area contributed by atoms with Gasteiger partial charge in [-0.3, -0.25) is 9.59 Å². The molecule has 1 aliphatic rings. The molecule has 7 heteroatoms. The first-order chi connectivity index (χ1) is 14.0. The largest absolute Gasteiger partial charge is 0.486 e. The monoisotopic (exact) mass is 416 g/mol. The number of nitrogens with one attached hydrogen (secondary N) is 2. The lowest BCUT2D eigenvalue weighted by Crippen LogP contribution is -2.44. The van der Waals surface area contributed by atoms with Gasteiger partial charge in [-0.25, -0.2) is 0 Å². The first kappa shape index (κ1) is 21.0. The number of anilines is 1. The van der Waals surface area contributed by atoms with E-state index in [1.54, 1.807) is 18.2 Å². The zero-order valence-electron chi connectivity index (χ0n) is 16.6. The maximum atomic E-state index is 12.5. The Morgan fingerprint density at radius 3 is 2.38 bits per heavy atom. The minimum Gasteiger partial charge on any atom is -0.486 e. The van der Waals surface area contributed by atoms with Gasteiger partial charge >= 0.3 is 11.8 Å². The standard InChI is InChI=1S/C22H25ClN2O4/c1-3-22(4-2,15-8-10-16(23)11-9-15)14-24-20(26)21(27)25-17-6-5-7-18-19(17)29-13-12-28-18/h5-11H,3-4,12-14H2,1-2H3,(H,24,26)(H,25,27). The molecule has 2 aromatic carbocycles. The van der Waals surface area contributed by atoms with E-state index in [9.17, 15) is 9.59 Å². The van der Waals surface area contributed by atoms with Gasteiger partial charge in [0.25, 0.3) is 0 Å². The normalized spacial score (nSPS) is 12.9. The van der Waals surface area contributed by atoms with E-state index >= 15 is 0 Å². The van der Waals surface area contributed by atoms with Crippen molar-refractivity contribution in [2.75, 3.05) is 25.1 Å². The van der Waals surface area contributed by atoms with Crippen molar-refractivity contribution in [1.29, 1.82) is 0 Å². The van der Waals surface area contributed by atoms with Crippen LogP contribution in [0, 0.1) is 0 Å². The highest BCUT2D eigenvalue weighted by atomic mass is 35.5. The van der Waals surface area contributed by atoms with Crippen molar-refractivity contribution in [3.05, 3.63) is 53.1 Å². The number of benzene rings is 2. The van der Waals surface area contributed by atoms with Gasteiger partial charge in [0.05, 0.1) is 5.69 Å². The van der Waals surface area contributed by atoms with E-state index in [1.807, 2.05) is 24.3 Å². The third kappa shape index (κ3) is 4.65. The molecule has 0 saturated carbocycles. The fourth-order valence-electron chi connectivity index (χ4n) is 3.49. The number of halogens is 1. The summed E-state index contributed by atoms with van der Waals surface area (Å²) in [6.07, 6.45) is 1.62. The summed E-state index contributed by atoms with van der Waals surface area (Å²) in [6.45, 7) is 5.32. The molecule has 0 fully saturated rings. The van der Waals surface area contributed by atoms with E-state index in [4.69, 9.17) is 21.1 Å². The van der Waals surface area contributed by atoms with Gasteiger partial charge in [0.1, 0.15) is 13.2 Å². The molecular weight excluding hydrogens is 392 g/mol. The molecule has 2 amide bonds. The van der Waals surface area contributed by atoms with Crippen molar-refractivity contribution in [2.24, 2.45) is 0 Å². The predicted molar refractivity (Wildman–Crippen MR) is 113 cm³/mol. The highest BCUT2D eigenvalue weighted by Gasteiger charge is 2.30. The lowest BCUT2D eigenvalue weighted by Gasteiger charge is -2.32. The number of hydrogen-bond acceptors (Lipinski definition) is 4. The number of carbonyl (C=O) groups excluding carboxylic acids is 2. The van der Waals surface area contributed by atoms with Crippen LogP contribution in [0.4, 0.5) is 5.69 Å². The molecule has 1 heterocycles. The second-order valence-corrected chi connectivity index (χ2v) is 7.40. The van der Waals surface area contributed by atoms with Crippen molar-refractivity contribution in [3.63, 3.8) is 0 Å². The SMILES string of the molecule is CCC(CC)(CNC(=O)C(=O)Nc1cccc2c1OCCO2)c1ccc(Cl)cc1. The van der Waals surface area contributed by atoms with Crippen molar-refractivity contribution < 1.29 is 19.1 Å². The Kier molecular flexibility index (Phi) is 6.64. The van der Waals surface area contributed by atoms with Crippen LogP contribution in [0.15, 0.2) is 42.5 Å². The Hall–Kier alpha value is -2.73. The molecule has 3 rings (SSSR count). The number of fused-ring (bicyclic) bond motifs is 1. The van der Waals surface area contributed by atoms with Gasteiger partial charge in [-0.1, -0.05) is 43.6 Å². The highest BCUT2D eigenvalue weighted by Crippen LogP contribution is 2.37. The summed E-state index contributed by atoms with van der Waals surface area (Å²) in [5.74, 6) is -0.449. The van der Waals surface area contributed by atoms with E-state index in [0.29, 0.717) is 42.0 Å². The molecule has 0 radical (unpaired) electrons. The van der Waals surface area contributed by atoms with Gasteiger partial charge in [0.15, 0.2) is 11.5 Å². The molecular formula is C22H25ClN2O4. The maximum Gasteiger partial charge on any atom is 0.313 e. The van der Waals surface area contributed by atoms with Crippen LogP contribution in [-0.4, -0.2) is 31.6 Å². The molecule has 0 atom stereocenters. The molecule has 0 aliphatic carbocycles. The zero-order chi connectivity index (χ0) is 20.9. The maximum absolute atomic E-state index is 12.5. The van der Waals surface area contributed by atoms with E-state index in [0.717, 1.165) is 18.4 Å². The van der Waals surface area contributed by atoms with Crippen LogP contribution in [0.3, 0.4) is 0 Å². The number of carbonyl (C=O) groups is 2. The number of rotatable bonds is 6. The molecule has 2 aromatic rings. The molecule has 0 spiro atoms. The molecule has 1 aliphatic heterocycles. The average Bonchev–Trinajstić information content (AvgIpc) is 2.76. The van der Waals surface area contributed by atoms with Crippen LogP contribution in [0.2, 0.25) is 5.02 Å². The molecule has 0 aromatic heterocycles. The van der Waals surface area contributed by atoms with Crippen LogP contribution in [-0.2, 0) is 15.0 Å². The summed E-state index contributed by atoms with van der Waals surface area (Å²) in [7, 11) is 0. The molecule has 0 saturated heterocycles. The van der Waals surface area contributed by atoms with Gasteiger partial charge in [0, 0.05) is 17.0 Å². The molecule has 29 heavy (non-hydrogen) atoms. The van der Waals surface area contributed by atoms with Gasteiger partial charge in [-0.15, -0.1) is 0 Å². The van der Waals surface area contributed by atoms with E-state index < -0.39 is 11.8 Å². The van der Waals surface area contributed by atoms with Crippen molar-refractivity contribution >= 4 is 29.1 Å². The fourth-order valence-corrected chi connectivity index (χ4v) is 3.62. The first-order valence-corrected chi connectivity index (χ1v) is 10.1. The second kappa shape index (κ2) is 9.18. The topological polar surface area (TPSA) is 76.7 Å². The minimum absolute atomic E-state index is 0.274. The number of amides is 2. The van der Waals surface area contributed by atoms with Gasteiger partial charge in [0.2, 0.25) is 0 Å². The first-order valence-electron chi connectivity index (χ1n) is 9.73. The Labute approximate surface area is 175 Å². The molecule has 0 bridgehead atoms. The molecule has 2 N–H and O–H groups in total. The number of ether oxygens (including phenoxy) is 2. The van der Waals surface area contributed by atoms with Crippen LogP contribution < -0.4 is 20.1 Å². The average molecular weight is 417 g/mol. The zero-order valence-corrected chi connectivity index (χ0v) is 17.3. The summed E-state index contributed by atoms with van der Waals surface area (Å²) < 4.78 is 11.1. The number of hydrogen-bond donors (Lipinski definition) is 2. The Morgan fingerprint density at radius 2 is 1.69 bits per heavy atom. The van der Waals surface area contributed by atoms with Crippen LogP contribution in [0.25, 0.3) is 0 Å². The minimum atomic E-state index is -0.746. The van der Waals surface area contributed by atoms with E-state index in [-0.39, 0.29) is 5.41 Å². The Balaban J connectivity index is 1.67. The summed E-state index contributed by atoms with van der Waals surface area (Å²) >= 11 is 6.00. The second-order valence-electron chi connectivity index (χ2n) is 6.96. The van der Waals surface area contributed by atoms with Crippen LogP contribution >= 0.6 is 11.6 Å². The summed E-state index contributed by atoms with van der Waals surface area (Å²) in [5.41, 5.74) is 1.22. The van der Waals surface area contributed by atoms with Crippen molar-refractivity contribution in [1.82, 2.24) is 5.32 Å². The van der Waals surface area contributed by atoms with Gasteiger partial charge in [-0.2, -0.15) is 0 Å². The van der Waals surface area contributed by atoms with Crippen molar-refractivity contribution in [2.45, 2.75) is 32.1 Å². The molecule has 6 nitrogen and oxygen atoms in total. The third-order valence-corrected chi connectivity index (χ3v) is 5.67. The van der Waals surface area contributed by atoms with Crippen molar-refractivity contribution in [3.8, 4) is 11.5 Å². The lowest BCUT2D eigenvalue weighted by atomic mass is 9.76. The van der Waals surface area contributed by atoms with Crippen LogP contribution in [0.5, 0.6) is 11.5 Å². The number of para-hydroxylation sites is 1. The summed E-state index contributed by atoms with van der Waals surface area (Å²) in [5, 5.41) is 6.06. The smallest absolute Gasteiger partial charge is 0.313 e. The molecule has 0 unspecified atom stereocenters. The van der Waals surface area contributed by atoms with E-state index in [1.165, 1.54) is 0 Å². The Bertz CT molecular complexity index is 879. The fraction of sp³-hybridized carbons (Fsp3) is 0.364. The quantitative estimate of drug-likeness (QED) is 0.699. The van der Waals surface area contributed by atoms with E-state index in [2.05, 4.69) is 24.5 Å². The molecule has 154 valence electrons. The Morgan fingerprint density at radius 1 is 1.00 bits per heavy atom. The lowest BCUT2D eigenvalue weighted by molar-refractivity contribution is -0.136. The predicted octanol–water partition coefficient (Wildman–Crippen LogP) is 3.92.